The number of aldehydes is 1. The zero-order valence-corrected chi connectivity index (χ0v) is 9.51. The van der Waals surface area contributed by atoms with Crippen LogP contribution in [0.2, 0.25) is 0 Å². The van der Waals surface area contributed by atoms with Crippen LogP contribution in [0.1, 0.15) is 18.9 Å². The van der Waals surface area contributed by atoms with E-state index in [9.17, 15) is 9.59 Å². The lowest BCUT2D eigenvalue weighted by atomic mass is 10.2. The molecule has 0 aliphatic heterocycles. The van der Waals surface area contributed by atoms with Crippen LogP contribution < -0.4 is 0 Å². The molecule has 0 spiro atoms. The SMILES string of the molecule is CCC(=O)N(C)C(C=O)=Cc1ccccc1. The van der Waals surface area contributed by atoms with E-state index in [2.05, 4.69) is 0 Å². The van der Waals surface area contributed by atoms with E-state index in [-0.39, 0.29) is 5.91 Å². The molecule has 0 N–H and O–H groups in total. The summed E-state index contributed by atoms with van der Waals surface area (Å²) in [6.07, 6.45) is 2.78. The Hall–Kier alpha value is -1.90. The highest BCUT2D eigenvalue weighted by Gasteiger charge is 2.10. The Morgan fingerprint density at radius 3 is 2.44 bits per heavy atom. The lowest BCUT2D eigenvalue weighted by molar-refractivity contribution is -0.129. The number of allylic oxidation sites excluding steroid dienone is 1. The topological polar surface area (TPSA) is 37.4 Å². The van der Waals surface area contributed by atoms with Crippen molar-refractivity contribution >= 4 is 18.3 Å². The van der Waals surface area contributed by atoms with Crippen molar-refractivity contribution in [3.8, 4) is 0 Å². The molecule has 1 amide bonds. The standard InChI is InChI=1S/C13H15NO2/c1-3-13(16)14(2)12(10-15)9-11-7-5-4-6-8-11/h4-10H,3H2,1-2H3. The maximum Gasteiger partial charge on any atom is 0.226 e. The molecule has 0 bridgehead atoms. The monoisotopic (exact) mass is 217 g/mol. The lowest BCUT2D eigenvalue weighted by Crippen LogP contribution is -2.25. The third kappa shape index (κ3) is 3.05. The Morgan fingerprint density at radius 1 is 1.31 bits per heavy atom. The molecule has 0 aromatic heterocycles. The number of nitrogens with zero attached hydrogens (tertiary/aromatic N) is 1. The average molecular weight is 217 g/mol. The third-order valence-electron chi connectivity index (χ3n) is 2.30. The molecule has 0 aliphatic carbocycles. The number of rotatable bonds is 4. The van der Waals surface area contributed by atoms with E-state index in [1.807, 2.05) is 30.3 Å². The summed E-state index contributed by atoms with van der Waals surface area (Å²) in [6, 6.07) is 9.44. The number of benzene rings is 1. The zero-order valence-electron chi connectivity index (χ0n) is 9.51. The van der Waals surface area contributed by atoms with Gasteiger partial charge in [0.2, 0.25) is 5.91 Å². The van der Waals surface area contributed by atoms with Crippen molar-refractivity contribution in [1.82, 2.24) is 4.90 Å². The molecule has 1 rings (SSSR count). The van der Waals surface area contributed by atoms with Crippen LogP contribution in [0.25, 0.3) is 6.08 Å². The van der Waals surface area contributed by atoms with Gasteiger partial charge >= 0.3 is 0 Å². The Morgan fingerprint density at radius 2 is 1.94 bits per heavy atom. The molecule has 84 valence electrons. The van der Waals surface area contributed by atoms with E-state index < -0.39 is 0 Å². The average Bonchev–Trinajstić information content (AvgIpc) is 2.35. The van der Waals surface area contributed by atoms with Crippen LogP contribution in [-0.4, -0.2) is 24.1 Å². The van der Waals surface area contributed by atoms with Gasteiger partial charge in [0, 0.05) is 13.5 Å². The van der Waals surface area contributed by atoms with Gasteiger partial charge in [-0.25, -0.2) is 0 Å². The fourth-order valence-electron chi connectivity index (χ4n) is 1.31. The van der Waals surface area contributed by atoms with Crippen LogP contribution in [0.15, 0.2) is 36.0 Å². The number of amides is 1. The second-order valence-corrected chi connectivity index (χ2v) is 3.40. The van der Waals surface area contributed by atoms with Gasteiger partial charge in [0.15, 0.2) is 6.29 Å². The van der Waals surface area contributed by atoms with E-state index in [4.69, 9.17) is 0 Å². The fraction of sp³-hybridized carbons (Fsp3) is 0.231. The molecular formula is C13H15NO2. The maximum atomic E-state index is 11.4. The van der Waals surface area contributed by atoms with Gasteiger partial charge in [0.25, 0.3) is 0 Å². The summed E-state index contributed by atoms with van der Waals surface area (Å²) in [5.41, 5.74) is 1.28. The molecule has 0 fully saturated rings. The highest BCUT2D eigenvalue weighted by atomic mass is 16.2. The van der Waals surface area contributed by atoms with Crippen LogP contribution in [0.3, 0.4) is 0 Å². The minimum absolute atomic E-state index is 0.0747. The summed E-state index contributed by atoms with van der Waals surface area (Å²) >= 11 is 0. The number of carbonyl (C=O) groups is 2. The number of likely N-dealkylation sites (N-methyl/N-ethyl adjacent to an activating group) is 1. The second-order valence-electron chi connectivity index (χ2n) is 3.40. The van der Waals surface area contributed by atoms with Crippen molar-refractivity contribution in [2.75, 3.05) is 7.05 Å². The van der Waals surface area contributed by atoms with Gasteiger partial charge in [-0.1, -0.05) is 37.3 Å². The van der Waals surface area contributed by atoms with Gasteiger partial charge in [-0.05, 0) is 11.6 Å². The van der Waals surface area contributed by atoms with E-state index in [1.54, 1.807) is 20.0 Å². The first kappa shape index (κ1) is 12.2. The molecule has 1 aromatic carbocycles. The highest BCUT2D eigenvalue weighted by molar-refractivity contribution is 5.89. The molecule has 0 heterocycles. The normalized spacial score (nSPS) is 11.0. The molecule has 0 atom stereocenters. The molecule has 0 unspecified atom stereocenters. The Balaban J connectivity index is 2.94. The van der Waals surface area contributed by atoms with Gasteiger partial charge in [-0.3, -0.25) is 9.59 Å². The van der Waals surface area contributed by atoms with Crippen LogP contribution in [0.4, 0.5) is 0 Å². The van der Waals surface area contributed by atoms with Gasteiger partial charge in [-0.2, -0.15) is 0 Å². The molecular weight excluding hydrogens is 202 g/mol. The van der Waals surface area contributed by atoms with Crippen molar-refractivity contribution < 1.29 is 9.59 Å². The summed E-state index contributed by atoms with van der Waals surface area (Å²) < 4.78 is 0. The van der Waals surface area contributed by atoms with Crippen molar-refractivity contribution in [2.24, 2.45) is 0 Å². The molecule has 0 saturated heterocycles. The largest absolute Gasteiger partial charge is 0.313 e. The summed E-state index contributed by atoms with van der Waals surface area (Å²) in [6.45, 7) is 1.77. The first-order chi connectivity index (χ1) is 7.69. The Labute approximate surface area is 95.4 Å². The van der Waals surface area contributed by atoms with E-state index in [0.717, 1.165) is 5.56 Å². The first-order valence-corrected chi connectivity index (χ1v) is 5.17. The lowest BCUT2D eigenvalue weighted by Gasteiger charge is -2.15. The van der Waals surface area contributed by atoms with Crippen molar-refractivity contribution in [3.05, 3.63) is 41.6 Å². The van der Waals surface area contributed by atoms with Crippen molar-refractivity contribution in [1.29, 1.82) is 0 Å². The van der Waals surface area contributed by atoms with Crippen molar-refractivity contribution in [3.63, 3.8) is 0 Å². The van der Waals surface area contributed by atoms with Crippen LogP contribution in [-0.2, 0) is 9.59 Å². The number of hydrogen-bond acceptors (Lipinski definition) is 2. The summed E-state index contributed by atoms with van der Waals surface area (Å²) in [5, 5.41) is 0. The highest BCUT2D eigenvalue weighted by Crippen LogP contribution is 2.08. The summed E-state index contributed by atoms with van der Waals surface area (Å²) in [5.74, 6) is -0.0747. The van der Waals surface area contributed by atoms with Gasteiger partial charge in [0.1, 0.15) is 0 Å². The van der Waals surface area contributed by atoms with Gasteiger partial charge < -0.3 is 4.90 Å². The number of carbonyl (C=O) groups excluding carboxylic acids is 2. The second kappa shape index (κ2) is 5.85. The van der Waals surface area contributed by atoms with Gasteiger partial charge in [-0.15, -0.1) is 0 Å². The quantitative estimate of drug-likeness (QED) is 0.572. The minimum atomic E-state index is -0.0747. The summed E-state index contributed by atoms with van der Waals surface area (Å²) in [4.78, 5) is 23.7. The minimum Gasteiger partial charge on any atom is -0.313 e. The molecule has 1 aromatic rings. The van der Waals surface area contributed by atoms with E-state index in [0.29, 0.717) is 18.4 Å². The Kier molecular flexibility index (Phi) is 4.45. The predicted octanol–water partition coefficient (Wildman–Crippen LogP) is 2.09. The van der Waals surface area contributed by atoms with Crippen LogP contribution >= 0.6 is 0 Å². The summed E-state index contributed by atoms with van der Waals surface area (Å²) in [7, 11) is 1.61. The Bertz CT molecular complexity index is 396. The zero-order chi connectivity index (χ0) is 12.0. The van der Waals surface area contributed by atoms with Crippen LogP contribution in [0, 0.1) is 0 Å². The smallest absolute Gasteiger partial charge is 0.226 e. The number of hydrogen-bond donors (Lipinski definition) is 0. The van der Waals surface area contributed by atoms with Gasteiger partial charge in [0.05, 0.1) is 5.70 Å². The predicted molar refractivity (Wildman–Crippen MR) is 63.5 cm³/mol. The van der Waals surface area contributed by atoms with E-state index >= 15 is 0 Å². The third-order valence-corrected chi connectivity index (χ3v) is 2.30. The van der Waals surface area contributed by atoms with Crippen molar-refractivity contribution in [2.45, 2.75) is 13.3 Å². The molecule has 0 radical (unpaired) electrons. The first-order valence-electron chi connectivity index (χ1n) is 5.17. The molecule has 3 heteroatoms. The van der Waals surface area contributed by atoms with E-state index in [1.165, 1.54) is 4.90 Å². The molecule has 16 heavy (non-hydrogen) atoms. The molecule has 3 nitrogen and oxygen atoms in total. The van der Waals surface area contributed by atoms with Crippen LogP contribution in [0.5, 0.6) is 0 Å². The maximum absolute atomic E-state index is 11.4. The molecule has 0 saturated carbocycles. The molecule has 0 aliphatic rings. The fourth-order valence-corrected chi connectivity index (χ4v) is 1.31.